The molecule has 1 rings (SSSR count). The molecule has 2 nitrogen and oxygen atoms in total. The lowest BCUT2D eigenvalue weighted by Gasteiger charge is -2.07. The van der Waals surface area contributed by atoms with Crippen molar-refractivity contribution in [2.45, 2.75) is 58.4 Å². The molecule has 0 aromatic heterocycles. The number of hydrogen-bond donors (Lipinski definition) is 1. The molecule has 1 unspecified atom stereocenters. The molecule has 2 heteroatoms. The fraction of sp³-hybridized carbons (Fsp3) is 0.562. The quantitative estimate of drug-likeness (QED) is 0.802. The number of carbonyl (C=O) groups is 1. The zero-order valence-corrected chi connectivity index (χ0v) is 11.8. The van der Waals surface area contributed by atoms with Crippen molar-refractivity contribution in [1.29, 1.82) is 0 Å². The smallest absolute Gasteiger partial charge is 0.137 e. The fourth-order valence-electron chi connectivity index (χ4n) is 1.96. The first-order chi connectivity index (χ1) is 8.49. The Balaban J connectivity index is 2.40. The Bertz CT molecular complexity index is 365. The van der Waals surface area contributed by atoms with Crippen LogP contribution in [0, 0.1) is 0 Å². The van der Waals surface area contributed by atoms with E-state index in [0.29, 0.717) is 24.5 Å². The van der Waals surface area contributed by atoms with Crippen molar-refractivity contribution in [1.82, 2.24) is 0 Å². The maximum Gasteiger partial charge on any atom is 0.137 e. The average Bonchev–Trinajstić information content (AvgIpc) is 2.29. The van der Waals surface area contributed by atoms with Gasteiger partial charge < -0.3 is 5.73 Å². The highest BCUT2D eigenvalue weighted by atomic mass is 16.1. The second-order valence-corrected chi connectivity index (χ2v) is 5.48. The zero-order valence-electron chi connectivity index (χ0n) is 11.8. The summed E-state index contributed by atoms with van der Waals surface area (Å²) in [6.45, 7) is 6.33. The molecule has 1 aromatic carbocycles. The summed E-state index contributed by atoms with van der Waals surface area (Å²) in [5, 5.41) is 0. The molecule has 0 saturated carbocycles. The van der Waals surface area contributed by atoms with Gasteiger partial charge in [0, 0.05) is 18.9 Å². The number of hydrogen-bond acceptors (Lipinski definition) is 2. The van der Waals surface area contributed by atoms with Gasteiger partial charge in [-0.2, -0.15) is 0 Å². The van der Waals surface area contributed by atoms with Gasteiger partial charge in [-0.05, 0) is 36.8 Å². The molecule has 0 bridgehead atoms. The Hall–Kier alpha value is -1.15. The highest BCUT2D eigenvalue weighted by molar-refractivity contribution is 5.80. The Labute approximate surface area is 111 Å². The van der Waals surface area contributed by atoms with Crippen molar-refractivity contribution in [3.63, 3.8) is 0 Å². The monoisotopic (exact) mass is 247 g/mol. The largest absolute Gasteiger partial charge is 0.328 e. The molecule has 0 aliphatic carbocycles. The summed E-state index contributed by atoms with van der Waals surface area (Å²) in [5.41, 5.74) is 8.10. The van der Waals surface area contributed by atoms with Crippen LogP contribution in [0.4, 0.5) is 0 Å². The van der Waals surface area contributed by atoms with E-state index < -0.39 is 0 Å². The maximum atomic E-state index is 11.8. The van der Waals surface area contributed by atoms with Gasteiger partial charge >= 0.3 is 0 Å². The van der Waals surface area contributed by atoms with E-state index in [1.165, 1.54) is 5.56 Å². The van der Waals surface area contributed by atoms with Gasteiger partial charge in [-0.1, -0.05) is 38.1 Å². The van der Waals surface area contributed by atoms with E-state index in [2.05, 4.69) is 38.1 Å². The number of nitrogens with two attached hydrogens (primary N) is 1. The average molecular weight is 247 g/mol. The second kappa shape index (κ2) is 7.32. The molecule has 0 spiro atoms. The van der Waals surface area contributed by atoms with Crippen molar-refractivity contribution >= 4 is 5.78 Å². The summed E-state index contributed by atoms with van der Waals surface area (Å²) in [6, 6.07) is 8.57. The summed E-state index contributed by atoms with van der Waals surface area (Å²) < 4.78 is 0. The lowest BCUT2D eigenvalue weighted by Crippen LogP contribution is -2.15. The van der Waals surface area contributed by atoms with Gasteiger partial charge in [0.2, 0.25) is 0 Å². The summed E-state index contributed by atoms with van der Waals surface area (Å²) in [6.07, 6.45) is 3.03. The van der Waals surface area contributed by atoms with Crippen molar-refractivity contribution in [2.24, 2.45) is 5.73 Å². The van der Waals surface area contributed by atoms with Crippen molar-refractivity contribution in [3.8, 4) is 0 Å². The number of Topliss-reactive ketones (excluding diaryl/α,β-unsaturated/α-hetero) is 1. The van der Waals surface area contributed by atoms with Gasteiger partial charge in [-0.3, -0.25) is 4.79 Å². The van der Waals surface area contributed by atoms with Gasteiger partial charge in [-0.15, -0.1) is 0 Å². The highest BCUT2D eigenvalue weighted by Gasteiger charge is 2.05. The molecular weight excluding hydrogens is 222 g/mol. The van der Waals surface area contributed by atoms with Crippen LogP contribution in [-0.2, 0) is 11.2 Å². The number of benzene rings is 1. The molecule has 1 atom stereocenters. The first-order valence-corrected chi connectivity index (χ1v) is 6.85. The minimum absolute atomic E-state index is 0.197. The van der Waals surface area contributed by atoms with E-state index in [9.17, 15) is 4.79 Å². The minimum Gasteiger partial charge on any atom is -0.328 e. The molecule has 2 N–H and O–H groups in total. The number of carbonyl (C=O) groups excluding carboxylic acids is 1. The standard InChI is InChI=1S/C16H25NO/c1-12(2)15-9-7-14(8-10-15)11-16(18)6-4-5-13(3)17/h7-10,12-13H,4-6,11,17H2,1-3H3. The lowest BCUT2D eigenvalue weighted by atomic mass is 9.99. The van der Waals surface area contributed by atoms with Crippen LogP contribution in [0.1, 0.15) is 57.1 Å². The molecule has 1 aromatic rings. The van der Waals surface area contributed by atoms with E-state index in [4.69, 9.17) is 5.73 Å². The van der Waals surface area contributed by atoms with E-state index in [-0.39, 0.29) is 6.04 Å². The Morgan fingerprint density at radius 3 is 2.28 bits per heavy atom. The molecule has 0 aliphatic rings. The Morgan fingerprint density at radius 2 is 1.78 bits per heavy atom. The summed E-state index contributed by atoms with van der Waals surface area (Å²) in [4.78, 5) is 11.8. The van der Waals surface area contributed by atoms with Gasteiger partial charge in [0.25, 0.3) is 0 Å². The number of ketones is 1. The predicted molar refractivity (Wildman–Crippen MR) is 76.7 cm³/mol. The van der Waals surface area contributed by atoms with Crippen LogP contribution in [0.15, 0.2) is 24.3 Å². The van der Waals surface area contributed by atoms with Gasteiger partial charge in [0.1, 0.15) is 5.78 Å². The van der Waals surface area contributed by atoms with Crippen LogP contribution in [0.5, 0.6) is 0 Å². The third-order valence-electron chi connectivity index (χ3n) is 3.16. The minimum atomic E-state index is 0.197. The Morgan fingerprint density at radius 1 is 1.17 bits per heavy atom. The van der Waals surface area contributed by atoms with Crippen LogP contribution >= 0.6 is 0 Å². The third kappa shape index (κ3) is 5.46. The number of rotatable bonds is 7. The van der Waals surface area contributed by atoms with Gasteiger partial charge in [0.05, 0.1) is 0 Å². The molecule has 0 saturated heterocycles. The van der Waals surface area contributed by atoms with E-state index in [1.807, 2.05) is 6.92 Å². The molecule has 0 aliphatic heterocycles. The van der Waals surface area contributed by atoms with E-state index in [1.54, 1.807) is 0 Å². The summed E-state index contributed by atoms with van der Waals surface area (Å²) in [7, 11) is 0. The molecule has 18 heavy (non-hydrogen) atoms. The van der Waals surface area contributed by atoms with E-state index >= 15 is 0 Å². The maximum absolute atomic E-state index is 11.8. The van der Waals surface area contributed by atoms with Crippen LogP contribution in [-0.4, -0.2) is 11.8 Å². The first-order valence-electron chi connectivity index (χ1n) is 6.85. The third-order valence-corrected chi connectivity index (χ3v) is 3.16. The van der Waals surface area contributed by atoms with Crippen LogP contribution in [0.25, 0.3) is 0 Å². The van der Waals surface area contributed by atoms with E-state index in [0.717, 1.165) is 18.4 Å². The van der Waals surface area contributed by atoms with Gasteiger partial charge in [-0.25, -0.2) is 0 Å². The predicted octanol–water partition coefficient (Wildman–Crippen LogP) is 3.44. The highest BCUT2D eigenvalue weighted by Crippen LogP contribution is 2.15. The van der Waals surface area contributed by atoms with Crippen LogP contribution in [0.2, 0.25) is 0 Å². The second-order valence-electron chi connectivity index (χ2n) is 5.48. The van der Waals surface area contributed by atoms with Gasteiger partial charge in [0.15, 0.2) is 0 Å². The summed E-state index contributed by atoms with van der Waals surface area (Å²) in [5.74, 6) is 0.855. The molecular formula is C16H25NO. The molecule has 0 fully saturated rings. The Kier molecular flexibility index (Phi) is 6.06. The van der Waals surface area contributed by atoms with Crippen molar-refractivity contribution < 1.29 is 4.79 Å². The zero-order chi connectivity index (χ0) is 13.5. The SMILES string of the molecule is CC(N)CCCC(=O)Cc1ccc(C(C)C)cc1. The van der Waals surface area contributed by atoms with Crippen LogP contribution in [0.3, 0.4) is 0 Å². The normalized spacial score (nSPS) is 12.7. The van der Waals surface area contributed by atoms with Crippen LogP contribution < -0.4 is 5.73 Å². The topological polar surface area (TPSA) is 43.1 Å². The fourth-order valence-corrected chi connectivity index (χ4v) is 1.96. The molecule has 0 radical (unpaired) electrons. The van der Waals surface area contributed by atoms with Crippen molar-refractivity contribution in [3.05, 3.63) is 35.4 Å². The van der Waals surface area contributed by atoms with Crippen molar-refractivity contribution in [2.75, 3.05) is 0 Å². The molecule has 0 amide bonds. The summed E-state index contributed by atoms with van der Waals surface area (Å²) >= 11 is 0. The molecule has 100 valence electrons. The molecule has 0 heterocycles. The first kappa shape index (κ1) is 14.9. The lowest BCUT2D eigenvalue weighted by molar-refractivity contribution is -0.118.